The molecule has 2 atom stereocenters. The average Bonchev–Trinajstić information content (AvgIpc) is 2.33. The van der Waals surface area contributed by atoms with Crippen LogP contribution in [0.2, 0.25) is 0 Å². The maximum absolute atomic E-state index is 11.6. The number of amides is 1. The third-order valence-corrected chi connectivity index (χ3v) is 5.05. The van der Waals surface area contributed by atoms with Gasteiger partial charge in [-0.05, 0) is 0 Å². The molecule has 0 unspecified atom stereocenters. The Morgan fingerprint density at radius 1 is 1.76 bits per heavy atom. The number of hydrogen-bond acceptors (Lipinski definition) is 6. The van der Waals surface area contributed by atoms with Gasteiger partial charge >= 0.3 is 5.97 Å². The Bertz CT molecular complexity index is 398. The van der Waals surface area contributed by atoms with Crippen molar-refractivity contribution in [2.75, 3.05) is 18.8 Å². The molecule has 8 heteroatoms. The third kappa shape index (κ3) is 2.05. The molecule has 0 aromatic carbocycles. The molecule has 0 radical (unpaired) electrons. The van der Waals surface area contributed by atoms with E-state index in [4.69, 9.17) is 10.5 Å². The van der Waals surface area contributed by atoms with Crippen molar-refractivity contribution >= 4 is 35.4 Å². The average molecular weight is 276 g/mol. The van der Waals surface area contributed by atoms with Crippen molar-refractivity contribution in [3.05, 3.63) is 10.6 Å². The van der Waals surface area contributed by atoms with Crippen LogP contribution in [-0.2, 0) is 14.3 Å². The molecule has 0 saturated carbocycles. The standard InChI is InChI=1S/C9H12N2O4S2/c1-15-3-17-4-2-16-8-5(10)7(12)11(8)6(4)9(13)14/h5,8H,2-3,10H2,1H3,(H,13,14)/t5-,8-/m1/s1. The molecular formula is C9H12N2O4S2. The predicted octanol–water partition coefficient (Wildman–Crippen LogP) is -0.138. The summed E-state index contributed by atoms with van der Waals surface area (Å²) in [5.74, 6) is -0.493. The first-order valence-electron chi connectivity index (χ1n) is 4.86. The van der Waals surface area contributed by atoms with Gasteiger partial charge in [-0.1, -0.05) is 11.8 Å². The number of aliphatic carboxylic acids is 1. The molecule has 2 aliphatic rings. The zero-order valence-corrected chi connectivity index (χ0v) is 10.7. The Hall–Kier alpha value is -0.700. The van der Waals surface area contributed by atoms with E-state index in [0.29, 0.717) is 16.6 Å². The number of methoxy groups -OCH3 is 1. The maximum atomic E-state index is 11.6. The summed E-state index contributed by atoms with van der Waals surface area (Å²) in [5.41, 5.74) is 5.68. The number of carboxylic acids is 1. The summed E-state index contributed by atoms with van der Waals surface area (Å²) in [5, 5.41) is 8.94. The van der Waals surface area contributed by atoms with E-state index in [0.717, 1.165) is 0 Å². The summed E-state index contributed by atoms with van der Waals surface area (Å²) in [7, 11) is 1.54. The number of fused-ring (bicyclic) bond motifs is 1. The fraction of sp³-hybridized carbons (Fsp3) is 0.556. The van der Waals surface area contributed by atoms with Crippen LogP contribution >= 0.6 is 23.5 Å². The molecule has 0 aromatic heterocycles. The van der Waals surface area contributed by atoms with Gasteiger partial charge in [-0.3, -0.25) is 9.69 Å². The van der Waals surface area contributed by atoms with Gasteiger partial charge in [0, 0.05) is 17.8 Å². The molecular weight excluding hydrogens is 264 g/mol. The lowest BCUT2D eigenvalue weighted by Gasteiger charge is -2.47. The van der Waals surface area contributed by atoms with Crippen LogP contribution in [0.25, 0.3) is 0 Å². The van der Waals surface area contributed by atoms with Crippen molar-refractivity contribution < 1.29 is 19.4 Å². The number of carbonyl (C=O) groups is 2. The number of rotatable bonds is 4. The quantitative estimate of drug-likeness (QED) is 0.545. The van der Waals surface area contributed by atoms with Gasteiger partial charge in [0.1, 0.15) is 17.1 Å². The van der Waals surface area contributed by atoms with Crippen LogP contribution in [0.4, 0.5) is 0 Å². The number of carboxylic acid groups (broad SMARTS) is 1. The number of nitrogens with zero attached hydrogens (tertiary/aromatic N) is 1. The van der Waals surface area contributed by atoms with E-state index in [-0.39, 0.29) is 17.0 Å². The van der Waals surface area contributed by atoms with Gasteiger partial charge in [-0.15, -0.1) is 11.8 Å². The number of carbonyl (C=O) groups excluding carboxylic acids is 1. The minimum Gasteiger partial charge on any atom is -0.477 e. The zero-order valence-electron chi connectivity index (χ0n) is 9.08. The maximum Gasteiger partial charge on any atom is 0.353 e. The molecule has 2 rings (SSSR count). The molecule has 0 aliphatic carbocycles. The Balaban J connectivity index is 2.26. The molecule has 3 N–H and O–H groups in total. The summed E-state index contributed by atoms with van der Waals surface area (Å²) in [4.78, 5) is 24.7. The molecule has 17 heavy (non-hydrogen) atoms. The molecule has 94 valence electrons. The minimum atomic E-state index is -1.09. The first-order chi connectivity index (χ1) is 8.07. The van der Waals surface area contributed by atoms with Crippen LogP contribution in [-0.4, -0.2) is 52.1 Å². The van der Waals surface area contributed by atoms with Gasteiger partial charge in [0.05, 0.1) is 5.94 Å². The molecule has 1 saturated heterocycles. The minimum absolute atomic E-state index is 0.0579. The first kappa shape index (κ1) is 12.7. The van der Waals surface area contributed by atoms with Crippen LogP contribution < -0.4 is 5.73 Å². The van der Waals surface area contributed by atoms with E-state index in [1.807, 2.05) is 0 Å². The molecule has 6 nitrogen and oxygen atoms in total. The molecule has 2 aliphatic heterocycles. The summed E-state index contributed by atoms with van der Waals surface area (Å²) in [6.07, 6.45) is 0. The number of ether oxygens (including phenoxy) is 1. The van der Waals surface area contributed by atoms with Crippen molar-refractivity contribution in [1.29, 1.82) is 0 Å². The van der Waals surface area contributed by atoms with Crippen LogP contribution in [0.5, 0.6) is 0 Å². The summed E-state index contributed by atoms with van der Waals surface area (Å²) in [6.45, 7) is 0. The lowest BCUT2D eigenvalue weighted by atomic mass is 10.1. The summed E-state index contributed by atoms with van der Waals surface area (Å²) >= 11 is 2.78. The lowest BCUT2D eigenvalue weighted by molar-refractivity contribution is -0.147. The highest BCUT2D eigenvalue weighted by atomic mass is 32.2. The second-order valence-corrected chi connectivity index (χ2v) is 5.69. The molecule has 0 bridgehead atoms. The van der Waals surface area contributed by atoms with Crippen LogP contribution in [0, 0.1) is 0 Å². The first-order valence-corrected chi connectivity index (χ1v) is 6.89. The zero-order chi connectivity index (χ0) is 12.6. The predicted molar refractivity (Wildman–Crippen MR) is 65.2 cm³/mol. The summed E-state index contributed by atoms with van der Waals surface area (Å²) in [6, 6.07) is -0.580. The molecule has 1 fully saturated rings. The van der Waals surface area contributed by atoms with E-state index >= 15 is 0 Å². The Morgan fingerprint density at radius 3 is 3.06 bits per heavy atom. The fourth-order valence-corrected chi connectivity index (χ4v) is 3.99. The van der Waals surface area contributed by atoms with Gasteiger partial charge in [-0.2, -0.15) is 0 Å². The van der Waals surface area contributed by atoms with E-state index in [1.165, 1.54) is 35.5 Å². The van der Waals surface area contributed by atoms with Gasteiger partial charge in [0.25, 0.3) is 0 Å². The Labute approximate surface area is 107 Å². The van der Waals surface area contributed by atoms with Crippen molar-refractivity contribution in [3.63, 3.8) is 0 Å². The lowest BCUT2D eigenvalue weighted by Crippen LogP contribution is -2.68. The molecule has 0 aromatic rings. The number of β-lactam (4-membered cyclic amide) rings is 1. The van der Waals surface area contributed by atoms with Gasteiger partial charge in [0.2, 0.25) is 5.91 Å². The second-order valence-electron chi connectivity index (χ2n) is 3.56. The van der Waals surface area contributed by atoms with Crippen LogP contribution in [0.15, 0.2) is 10.6 Å². The molecule has 2 heterocycles. The fourth-order valence-electron chi connectivity index (χ4n) is 1.73. The van der Waals surface area contributed by atoms with Crippen molar-refractivity contribution in [2.24, 2.45) is 5.73 Å². The van der Waals surface area contributed by atoms with Gasteiger partial charge in [-0.25, -0.2) is 4.79 Å². The molecule has 1 amide bonds. The van der Waals surface area contributed by atoms with Crippen molar-refractivity contribution in [2.45, 2.75) is 11.4 Å². The van der Waals surface area contributed by atoms with Gasteiger partial charge in [0.15, 0.2) is 0 Å². The number of thioether (sulfide) groups is 2. The second kappa shape index (κ2) is 4.89. The number of hydrogen-bond donors (Lipinski definition) is 2. The van der Waals surface area contributed by atoms with E-state index in [2.05, 4.69) is 0 Å². The van der Waals surface area contributed by atoms with E-state index < -0.39 is 12.0 Å². The normalized spacial score (nSPS) is 27.9. The van der Waals surface area contributed by atoms with Gasteiger partial charge < -0.3 is 15.6 Å². The van der Waals surface area contributed by atoms with E-state index in [1.54, 1.807) is 0 Å². The number of nitrogens with two attached hydrogens (primary N) is 1. The Morgan fingerprint density at radius 2 is 2.47 bits per heavy atom. The smallest absolute Gasteiger partial charge is 0.353 e. The largest absolute Gasteiger partial charge is 0.477 e. The van der Waals surface area contributed by atoms with Crippen molar-refractivity contribution in [1.82, 2.24) is 4.90 Å². The highest BCUT2D eigenvalue weighted by molar-refractivity contribution is 8.06. The SMILES string of the molecule is COCSC1=C(C(=O)O)N2C(=O)[C@@H](N)[C@H]2SC1. The van der Waals surface area contributed by atoms with Crippen molar-refractivity contribution in [3.8, 4) is 0 Å². The third-order valence-electron chi connectivity index (χ3n) is 2.53. The highest BCUT2D eigenvalue weighted by Gasteiger charge is 2.51. The highest BCUT2D eigenvalue weighted by Crippen LogP contribution is 2.42. The summed E-state index contributed by atoms with van der Waals surface area (Å²) < 4.78 is 4.90. The van der Waals surface area contributed by atoms with E-state index in [9.17, 15) is 14.7 Å². The molecule has 0 spiro atoms. The van der Waals surface area contributed by atoms with Crippen LogP contribution in [0.3, 0.4) is 0 Å². The topological polar surface area (TPSA) is 92.9 Å². The van der Waals surface area contributed by atoms with Crippen LogP contribution in [0.1, 0.15) is 0 Å². The Kier molecular flexibility index (Phi) is 3.67. The monoisotopic (exact) mass is 276 g/mol.